The molecule has 0 bridgehead atoms. The van der Waals surface area contributed by atoms with Crippen LogP contribution in [0, 0.1) is 13.8 Å². The average molecular weight is 531 g/mol. The lowest BCUT2D eigenvalue weighted by Crippen LogP contribution is -2.36. The van der Waals surface area contributed by atoms with Crippen LogP contribution in [0.15, 0.2) is 64.5 Å². The van der Waals surface area contributed by atoms with Gasteiger partial charge in [-0.15, -0.1) is 0 Å². The molecule has 196 valence electrons. The number of amides is 1. The van der Waals surface area contributed by atoms with Crippen LogP contribution in [0.1, 0.15) is 34.2 Å². The van der Waals surface area contributed by atoms with E-state index in [4.69, 9.17) is 9.73 Å². The average Bonchev–Trinajstić information content (AvgIpc) is 3.38. The summed E-state index contributed by atoms with van der Waals surface area (Å²) in [4.78, 5) is 34.4. The number of carbonyl (C=O) groups is 2. The monoisotopic (exact) mass is 530 g/mol. The molecule has 0 unspecified atom stereocenters. The normalized spacial score (nSPS) is 18.1. The Hall–Kier alpha value is -3.82. The van der Waals surface area contributed by atoms with E-state index in [-0.39, 0.29) is 11.5 Å². The van der Waals surface area contributed by atoms with Gasteiger partial charge in [-0.1, -0.05) is 12.1 Å². The van der Waals surface area contributed by atoms with E-state index in [0.29, 0.717) is 22.3 Å². The van der Waals surface area contributed by atoms with E-state index in [1.807, 2.05) is 55.7 Å². The number of hydrogen-bond donors (Lipinski definition) is 1. The van der Waals surface area contributed by atoms with Gasteiger partial charge < -0.3 is 19.3 Å². The Labute approximate surface area is 226 Å². The molecule has 0 atom stereocenters. The lowest BCUT2D eigenvalue weighted by atomic mass is 10.1. The number of carbonyl (C=O) groups excluding carboxylic acids is 1. The first-order chi connectivity index (χ1) is 18.4. The summed E-state index contributed by atoms with van der Waals surface area (Å²) in [5.41, 5.74) is 5.38. The van der Waals surface area contributed by atoms with Crippen LogP contribution in [0.2, 0.25) is 0 Å². The fourth-order valence-electron chi connectivity index (χ4n) is 4.84. The van der Waals surface area contributed by atoms with Crippen molar-refractivity contribution in [3.05, 3.63) is 82.0 Å². The molecule has 1 aromatic heterocycles. The van der Waals surface area contributed by atoms with Gasteiger partial charge in [0.2, 0.25) is 0 Å². The fraction of sp³-hybridized carbons (Fsp3) is 0.276. The Balaban J connectivity index is 1.43. The number of hydrogen-bond acceptors (Lipinski definition) is 6. The first-order valence-corrected chi connectivity index (χ1v) is 13.4. The summed E-state index contributed by atoms with van der Waals surface area (Å²) < 4.78 is 7.36. The van der Waals surface area contributed by atoms with Gasteiger partial charge in [-0.3, -0.25) is 9.69 Å². The van der Waals surface area contributed by atoms with Crippen molar-refractivity contribution in [3.8, 4) is 5.69 Å². The number of aromatic nitrogens is 1. The number of rotatable bonds is 6. The molecule has 9 heteroatoms. The Morgan fingerprint density at radius 1 is 1.11 bits per heavy atom. The molecule has 2 saturated heterocycles. The number of likely N-dealkylation sites (N-methyl/N-ethyl adjacent to an activating group) is 1. The zero-order valence-electron chi connectivity index (χ0n) is 21.7. The zero-order valence-corrected chi connectivity index (χ0v) is 22.5. The Morgan fingerprint density at radius 3 is 2.50 bits per heavy atom. The van der Waals surface area contributed by atoms with Crippen LogP contribution < -0.4 is 4.90 Å². The molecule has 0 radical (unpaired) electrons. The van der Waals surface area contributed by atoms with Gasteiger partial charge in [0, 0.05) is 36.7 Å². The lowest BCUT2D eigenvalue weighted by molar-refractivity contribution is -0.122. The minimum atomic E-state index is -0.980. The molecule has 2 aromatic carbocycles. The van der Waals surface area contributed by atoms with E-state index in [0.717, 1.165) is 54.6 Å². The number of aromatic carboxylic acids is 1. The van der Waals surface area contributed by atoms with E-state index >= 15 is 0 Å². The maximum atomic E-state index is 13.3. The van der Waals surface area contributed by atoms with Crippen LogP contribution in [0.5, 0.6) is 0 Å². The second-order valence-electron chi connectivity index (χ2n) is 9.15. The number of ether oxygens (including phenoxy) is 1. The molecule has 0 saturated carbocycles. The van der Waals surface area contributed by atoms with Crippen molar-refractivity contribution in [1.29, 1.82) is 0 Å². The second-order valence-corrected chi connectivity index (χ2v) is 10.2. The second kappa shape index (κ2) is 10.9. The van der Waals surface area contributed by atoms with Crippen molar-refractivity contribution < 1.29 is 19.4 Å². The van der Waals surface area contributed by atoms with Crippen LogP contribution >= 0.6 is 11.8 Å². The highest BCUT2D eigenvalue weighted by Crippen LogP contribution is 2.36. The molecule has 2 aliphatic heterocycles. The number of aryl methyl sites for hydroxylation is 1. The molecule has 1 amide bonds. The topological polar surface area (TPSA) is 87.4 Å². The highest BCUT2D eigenvalue weighted by molar-refractivity contribution is 8.18. The van der Waals surface area contributed by atoms with Crippen LogP contribution in [0.3, 0.4) is 0 Å². The van der Waals surface area contributed by atoms with Gasteiger partial charge in [0.25, 0.3) is 5.91 Å². The predicted octanol–water partition coefficient (Wildman–Crippen LogP) is 5.25. The smallest absolute Gasteiger partial charge is 0.337 e. The summed E-state index contributed by atoms with van der Waals surface area (Å²) in [6, 6.07) is 17.0. The van der Waals surface area contributed by atoms with Gasteiger partial charge >= 0.3 is 5.97 Å². The molecular weight excluding hydrogens is 500 g/mol. The highest BCUT2D eigenvalue weighted by Gasteiger charge is 2.32. The van der Waals surface area contributed by atoms with Gasteiger partial charge in [0.1, 0.15) is 0 Å². The first kappa shape index (κ1) is 25.8. The SMILES string of the molecule is CCN1C(=O)/C(=C/c2cc(C)n(-c3ccccc3C(=O)O)c2C)SC1=Nc1ccc(N2CCOCC2)cc1. The van der Waals surface area contributed by atoms with Crippen molar-refractivity contribution >= 4 is 46.3 Å². The van der Waals surface area contributed by atoms with E-state index < -0.39 is 5.97 Å². The molecule has 1 N–H and O–H groups in total. The van der Waals surface area contributed by atoms with Crippen molar-refractivity contribution in [3.63, 3.8) is 0 Å². The Morgan fingerprint density at radius 2 is 1.82 bits per heavy atom. The lowest BCUT2D eigenvalue weighted by Gasteiger charge is -2.28. The van der Waals surface area contributed by atoms with Crippen molar-refractivity contribution in [2.45, 2.75) is 20.8 Å². The van der Waals surface area contributed by atoms with E-state index in [1.165, 1.54) is 11.8 Å². The number of aliphatic imine (C=N–C) groups is 1. The van der Waals surface area contributed by atoms with Crippen LogP contribution in [-0.4, -0.2) is 64.5 Å². The molecule has 2 aliphatic rings. The summed E-state index contributed by atoms with van der Waals surface area (Å²) in [5.74, 6) is -1.07. The number of anilines is 1. The van der Waals surface area contributed by atoms with Crippen LogP contribution in [-0.2, 0) is 9.53 Å². The molecule has 5 rings (SSSR count). The van der Waals surface area contributed by atoms with E-state index in [1.54, 1.807) is 23.1 Å². The third-order valence-electron chi connectivity index (χ3n) is 6.79. The number of carboxylic acid groups (broad SMARTS) is 1. The molecule has 38 heavy (non-hydrogen) atoms. The van der Waals surface area contributed by atoms with Gasteiger partial charge in [-0.2, -0.15) is 0 Å². The Kier molecular flexibility index (Phi) is 7.40. The predicted molar refractivity (Wildman–Crippen MR) is 152 cm³/mol. The minimum Gasteiger partial charge on any atom is -0.478 e. The largest absolute Gasteiger partial charge is 0.478 e. The van der Waals surface area contributed by atoms with E-state index in [9.17, 15) is 14.7 Å². The molecule has 0 spiro atoms. The molecule has 3 aromatic rings. The number of thioether (sulfide) groups is 1. The number of benzene rings is 2. The summed E-state index contributed by atoms with van der Waals surface area (Å²) in [6.45, 7) is 9.53. The summed E-state index contributed by atoms with van der Waals surface area (Å²) >= 11 is 1.36. The maximum Gasteiger partial charge on any atom is 0.337 e. The molecule has 0 aliphatic carbocycles. The third-order valence-corrected chi connectivity index (χ3v) is 7.79. The molecule has 3 heterocycles. The van der Waals surface area contributed by atoms with Crippen molar-refractivity contribution in [2.75, 3.05) is 37.7 Å². The number of para-hydroxylation sites is 1. The molecular formula is C29H30N4O4S. The third kappa shape index (κ3) is 4.99. The molecule has 2 fully saturated rings. The van der Waals surface area contributed by atoms with Gasteiger partial charge in [-0.25, -0.2) is 9.79 Å². The fourth-order valence-corrected chi connectivity index (χ4v) is 5.89. The highest BCUT2D eigenvalue weighted by atomic mass is 32.2. The quantitative estimate of drug-likeness (QED) is 0.438. The van der Waals surface area contributed by atoms with Gasteiger partial charge in [0.15, 0.2) is 5.17 Å². The summed E-state index contributed by atoms with van der Waals surface area (Å²) in [5, 5.41) is 10.3. The first-order valence-electron chi connectivity index (χ1n) is 12.6. The van der Waals surface area contributed by atoms with Gasteiger partial charge in [-0.05, 0) is 86.6 Å². The minimum absolute atomic E-state index is 0.0862. The summed E-state index contributed by atoms with van der Waals surface area (Å²) in [6.07, 6.45) is 1.88. The number of amidine groups is 1. The molecule has 8 nitrogen and oxygen atoms in total. The summed E-state index contributed by atoms with van der Waals surface area (Å²) in [7, 11) is 0. The van der Waals surface area contributed by atoms with E-state index in [2.05, 4.69) is 17.0 Å². The maximum absolute atomic E-state index is 13.3. The van der Waals surface area contributed by atoms with Crippen molar-refractivity contribution in [2.24, 2.45) is 4.99 Å². The number of nitrogens with zero attached hydrogens (tertiary/aromatic N) is 4. The standard InChI is InChI=1S/C29H30N4O4S/c1-4-32-27(34)26(38-29(32)30-22-9-11-23(12-10-22)31-13-15-37-16-14-31)18-21-17-19(2)33(20(21)3)25-8-6-5-7-24(25)28(35)36/h5-12,17-18H,4,13-16H2,1-3H3,(H,35,36)/b26-18-,30-29?. The number of morpholine rings is 1. The Bertz CT molecular complexity index is 1440. The van der Waals surface area contributed by atoms with Crippen molar-refractivity contribution in [1.82, 2.24) is 9.47 Å². The van der Waals surface area contributed by atoms with Crippen LogP contribution in [0.25, 0.3) is 11.8 Å². The van der Waals surface area contributed by atoms with Gasteiger partial charge in [0.05, 0.1) is 35.1 Å². The van der Waals surface area contributed by atoms with Crippen LogP contribution in [0.4, 0.5) is 11.4 Å². The number of carboxylic acids is 1. The zero-order chi connectivity index (χ0) is 26.8.